The lowest BCUT2D eigenvalue weighted by Crippen LogP contribution is -2.07. The first-order valence-electron chi connectivity index (χ1n) is 6.62. The quantitative estimate of drug-likeness (QED) is 0.711. The summed E-state index contributed by atoms with van der Waals surface area (Å²) in [6.45, 7) is 1.04. The number of rotatable bonds is 7. The molecule has 2 nitrogen and oxygen atoms in total. The maximum atomic E-state index is 11.8. The molecule has 0 aliphatic carbocycles. The molecule has 0 saturated heterocycles. The molecular formula is C17H17BrO2. The van der Waals surface area contributed by atoms with Crippen LogP contribution < -0.4 is 0 Å². The fourth-order valence-corrected chi connectivity index (χ4v) is 2.13. The first kappa shape index (κ1) is 14.9. The van der Waals surface area contributed by atoms with E-state index in [-0.39, 0.29) is 5.78 Å². The fraction of sp³-hybridized carbons (Fsp3) is 0.235. The molecule has 0 atom stereocenters. The topological polar surface area (TPSA) is 26.3 Å². The monoisotopic (exact) mass is 332 g/mol. The average molecular weight is 333 g/mol. The van der Waals surface area contributed by atoms with Crippen LogP contribution in [-0.2, 0) is 22.6 Å². The summed E-state index contributed by atoms with van der Waals surface area (Å²) in [4.78, 5) is 11.8. The largest absolute Gasteiger partial charge is 0.376 e. The van der Waals surface area contributed by atoms with Gasteiger partial charge in [0.15, 0.2) is 0 Å². The molecule has 20 heavy (non-hydrogen) atoms. The maximum absolute atomic E-state index is 11.8. The highest BCUT2D eigenvalue weighted by Crippen LogP contribution is 2.11. The van der Waals surface area contributed by atoms with Crippen LogP contribution >= 0.6 is 15.9 Å². The van der Waals surface area contributed by atoms with E-state index in [1.165, 1.54) is 0 Å². The number of hydrogen-bond donors (Lipinski definition) is 0. The van der Waals surface area contributed by atoms with Crippen molar-refractivity contribution in [2.45, 2.75) is 19.4 Å². The summed E-state index contributed by atoms with van der Waals surface area (Å²) in [6, 6.07) is 17.8. The smallest absolute Gasteiger partial charge is 0.139 e. The van der Waals surface area contributed by atoms with E-state index in [2.05, 4.69) is 15.9 Å². The van der Waals surface area contributed by atoms with E-state index in [4.69, 9.17) is 4.74 Å². The minimum Gasteiger partial charge on any atom is -0.376 e. The highest BCUT2D eigenvalue weighted by atomic mass is 79.9. The summed E-state index contributed by atoms with van der Waals surface area (Å²) in [7, 11) is 0. The Morgan fingerprint density at radius 3 is 2.35 bits per heavy atom. The Labute approximate surface area is 127 Å². The Bertz CT molecular complexity index is 535. The molecule has 2 aromatic rings. The van der Waals surface area contributed by atoms with Crippen molar-refractivity contribution >= 4 is 21.7 Å². The highest BCUT2D eigenvalue weighted by molar-refractivity contribution is 9.10. The number of halogens is 1. The lowest BCUT2D eigenvalue weighted by atomic mass is 10.1. The van der Waals surface area contributed by atoms with E-state index in [0.717, 1.165) is 15.6 Å². The van der Waals surface area contributed by atoms with Crippen molar-refractivity contribution in [3.8, 4) is 0 Å². The molecule has 0 saturated carbocycles. The standard InChI is InChI=1S/C17H17BrO2/c18-16-8-6-14(7-9-16)12-17(19)10-11-20-13-15-4-2-1-3-5-15/h1-9H,10-13H2. The van der Waals surface area contributed by atoms with Gasteiger partial charge in [-0.2, -0.15) is 0 Å². The van der Waals surface area contributed by atoms with Crippen LogP contribution in [0.4, 0.5) is 0 Å². The molecule has 0 N–H and O–H groups in total. The minimum absolute atomic E-state index is 0.209. The summed E-state index contributed by atoms with van der Waals surface area (Å²) < 4.78 is 6.55. The number of ketones is 1. The Morgan fingerprint density at radius 2 is 1.65 bits per heavy atom. The van der Waals surface area contributed by atoms with Crippen molar-refractivity contribution in [3.05, 3.63) is 70.2 Å². The van der Waals surface area contributed by atoms with Crippen LogP contribution in [0, 0.1) is 0 Å². The zero-order valence-corrected chi connectivity index (χ0v) is 12.8. The Hall–Kier alpha value is -1.45. The van der Waals surface area contributed by atoms with Gasteiger partial charge in [0.05, 0.1) is 13.2 Å². The number of carbonyl (C=O) groups is 1. The Balaban J connectivity index is 1.66. The van der Waals surface area contributed by atoms with E-state index in [9.17, 15) is 4.79 Å². The van der Waals surface area contributed by atoms with Crippen LogP contribution in [0.25, 0.3) is 0 Å². The number of Topliss-reactive ketones (excluding diaryl/α,β-unsaturated/α-hetero) is 1. The van der Waals surface area contributed by atoms with E-state index in [0.29, 0.717) is 26.1 Å². The van der Waals surface area contributed by atoms with Crippen LogP contribution in [-0.4, -0.2) is 12.4 Å². The minimum atomic E-state index is 0.209. The molecule has 0 aromatic heterocycles. The summed E-state index contributed by atoms with van der Waals surface area (Å²) in [5.74, 6) is 0.209. The molecule has 104 valence electrons. The van der Waals surface area contributed by atoms with E-state index >= 15 is 0 Å². The molecule has 3 heteroatoms. The van der Waals surface area contributed by atoms with Crippen molar-refractivity contribution in [1.82, 2.24) is 0 Å². The van der Waals surface area contributed by atoms with Crippen molar-refractivity contribution in [2.75, 3.05) is 6.61 Å². The van der Waals surface area contributed by atoms with Gasteiger partial charge in [0.2, 0.25) is 0 Å². The second kappa shape index (κ2) is 7.98. The Morgan fingerprint density at radius 1 is 0.950 bits per heavy atom. The van der Waals surface area contributed by atoms with E-state index < -0.39 is 0 Å². The molecular weight excluding hydrogens is 316 g/mol. The fourth-order valence-electron chi connectivity index (χ4n) is 1.87. The Kier molecular flexibility index (Phi) is 5.96. The van der Waals surface area contributed by atoms with Gasteiger partial charge < -0.3 is 4.74 Å². The zero-order chi connectivity index (χ0) is 14.2. The predicted molar refractivity (Wildman–Crippen MR) is 83.6 cm³/mol. The third-order valence-corrected chi connectivity index (χ3v) is 3.48. The second-order valence-corrected chi connectivity index (χ2v) is 5.55. The summed E-state index contributed by atoms with van der Waals surface area (Å²) in [5, 5.41) is 0. The van der Waals surface area contributed by atoms with Gasteiger partial charge in [0.25, 0.3) is 0 Å². The molecule has 0 amide bonds. The van der Waals surface area contributed by atoms with Gasteiger partial charge >= 0.3 is 0 Å². The number of carbonyl (C=O) groups excluding carboxylic acids is 1. The third kappa shape index (κ3) is 5.27. The van der Waals surface area contributed by atoms with Crippen molar-refractivity contribution in [3.63, 3.8) is 0 Å². The van der Waals surface area contributed by atoms with Crippen LogP contribution in [0.5, 0.6) is 0 Å². The van der Waals surface area contributed by atoms with Crippen molar-refractivity contribution in [2.24, 2.45) is 0 Å². The highest BCUT2D eigenvalue weighted by Gasteiger charge is 2.04. The van der Waals surface area contributed by atoms with Gasteiger partial charge in [-0.05, 0) is 23.3 Å². The molecule has 0 radical (unpaired) electrons. The summed E-state index contributed by atoms with van der Waals surface area (Å²) >= 11 is 3.38. The molecule has 0 bridgehead atoms. The molecule has 0 aliphatic heterocycles. The molecule has 2 aromatic carbocycles. The van der Waals surface area contributed by atoms with Crippen LogP contribution in [0.3, 0.4) is 0 Å². The van der Waals surface area contributed by atoms with Gasteiger partial charge in [-0.25, -0.2) is 0 Å². The first-order chi connectivity index (χ1) is 9.74. The third-order valence-electron chi connectivity index (χ3n) is 2.95. The summed E-state index contributed by atoms with van der Waals surface area (Å²) in [5.41, 5.74) is 2.18. The first-order valence-corrected chi connectivity index (χ1v) is 7.41. The van der Waals surface area contributed by atoms with Gasteiger partial charge in [-0.1, -0.05) is 58.4 Å². The number of hydrogen-bond acceptors (Lipinski definition) is 2. The number of ether oxygens (including phenoxy) is 1. The van der Waals surface area contributed by atoms with Gasteiger partial charge in [-0.3, -0.25) is 4.79 Å². The van der Waals surface area contributed by atoms with Gasteiger partial charge in [-0.15, -0.1) is 0 Å². The van der Waals surface area contributed by atoms with E-state index in [1.807, 2.05) is 54.6 Å². The number of benzene rings is 2. The molecule has 0 spiro atoms. The lowest BCUT2D eigenvalue weighted by molar-refractivity contribution is -0.119. The van der Waals surface area contributed by atoms with Crippen molar-refractivity contribution in [1.29, 1.82) is 0 Å². The van der Waals surface area contributed by atoms with Crippen molar-refractivity contribution < 1.29 is 9.53 Å². The average Bonchev–Trinajstić information content (AvgIpc) is 2.47. The lowest BCUT2D eigenvalue weighted by Gasteiger charge is -2.04. The molecule has 0 unspecified atom stereocenters. The normalized spacial score (nSPS) is 10.4. The summed E-state index contributed by atoms with van der Waals surface area (Å²) in [6.07, 6.45) is 0.935. The molecule has 0 fully saturated rings. The van der Waals surface area contributed by atoms with Gasteiger partial charge in [0, 0.05) is 17.3 Å². The SMILES string of the molecule is O=C(CCOCc1ccccc1)Cc1ccc(Br)cc1. The maximum Gasteiger partial charge on any atom is 0.139 e. The zero-order valence-electron chi connectivity index (χ0n) is 11.2. The molecule has 2 rings (SSSR count). The van der Waals surface area contributed by atoms with E-state index in [1.54, 1.807) is 0 Å². The molecule has 0 heterocycles. The van der Waals surface area contributed by atoms with Crippen LogP contribution in [0.2, 0.25) is 0 Å². The van der Waals surface area contributed by atoms with Gasteiger partial charge in [0.1, 0.15) is 5.78 Å². The predicted octanol–water partition coefficient (Wildman–Crippen LogP) is 4.17. The van der Waals surface area contributed by atoms with Crippen LogP contribution in [0.1, 0.15) is 17.5 Å². The molecule has 0 aliphatic rings. The second-order valence-electron chi connectivity index (χ2n) is 4.63. The van der Waals surface area contributed by atoms with Crippen LogP contribution in [0.15, 0.2) is 59.1 Å².